The van der Waals surface area contributed by atoms with Crippen molar-refractivity contribution in [3.63, 3.8) is 0 Å². The summed E-state index contributed by atoms with van der Waals surface area (Å²) in [4.78, 5) is 0. The van der Waals surface area contributed by atoms with Gasteiger partial charge in [0.15, 0.2) is 0 Å². The molecule has 0 saturated carbocycles. The molecular weight excluding hydrogens is 134 g/mol. The lowest BCUT2D eigenvalue weighted by Crippen LogP contribution is -2.31. The molecule has 0 saturated heterocycles. The minimum absolute atomic E-state index is 0.653. The lowest BCUT2D eigenvalue weighted by Gasteiger charge is -2.13. The minimum Gasteiger partial charge on any atom is -0.304 e. The van der Waals surface area contributed by atoms with Crippen molar-refractivity contribution in [1.82, 2.24) is 5.32 Å². The molecule has 0 aliphatic carbocycles. The van der Waals surface area contributed by atoms with E-state index in [2.05, 4.69) is 33.0 Å². The Bertz CT molecular complexity index is 152. The molecule has 1 heteroatoms. The van der Waals surface area contributed by atoms with Gasteiger partial charge < -0.3 is 5.32 Å². The summed E-state index contributed by atoms with van der Waals surface area (Å²) < 4.78 is 0. The molecule has 0 bridgehead atoms. The molecular formula is C10H19N. The first kappa shape index (κ1) is 8.79. The van der Waals surface area contributed by atoms with E-state index in [-0.39, 0.29) is 0 Å². The Morgan fingerprint density at radius 3 is 1.55 bits per heavy atom. The van der Waals surface area contributed by atoms with Crippen LogP contribution in [0, 0.1) is 0 Å². The fourth-order valence-electron chi connectivity index (χ4n) is 1.89. The van der Waals surface area contributed by atoms with Crippen molar-refractivity contribution >= 4 is 0 Å². The van der Waals surface area contributed by atoms with Gasteiger partial charge in [0.25, 0.3) is 0 Å². The van der Waals surface area contributed by atoms with Crippen LogP contribution in [0.3, 0.4) is 0 Å². The lowest BCUT2D eigenvalue weighted by atomic mass is 10.0. The molecule has 2 atom stereocenters. The van der Waals surface area contributed by atoms with Gasteiger partial charge in [-0.1, -0.05) is 25.0 Å². The molecule has 64 valence electrons. The second-order valence-electron chi connectivity index (χ2n) is 3.45. The number of rotatable bonds is 2. The average molecular weight is 153 g/mol. The normalized spacial score (nSPS) is 31.6. The summed E-state index contributed by atoms with van der Waals surface area (Å²) in [6.07, 6.45) is 2.44. The third kappa shape index (κ3) is 1.48. The van der Waals surface area contributed by atoms with Crippen LogP contribution >= 0.6 is 0 Å². The third-order valence-electron chi connectivity index (χ3n) is 2.89. The summed E-state index contributed by atoms with van der Waals surface area (Å²) in [7, 11) is 0. The van der Waals surface area contributed by atoms with Crippen molar-refractivity contribution in [3.05, 3.63) is 11.1 Å². The summed E-state index contributed by atoms with van der Waals surface area (Å²) in [5.74, 6) is 0. The third-order valence-corrected chi connectivity index (χ3v) is 2.89. The van der Waals surface area contributed by atoms with Crippen LogP contribution in [-0.2, 0) is 0 Å². The largest absolute Gasteiger partial charge is 0.304 e. The van der Waals surface area contributed by atoms with E-state index in [0.717, 1.165) is 0 Å². The molecule has 1 N–H and O–H groups in total. The number of hydrogen-bond donors (Lipinski definition) is 1. The second-order valence-corrected chi connectivity index (χ2v) is 3.45. The fraction of sp³-hybridized carbons (Fsp3) is 0.800. The van der Waals surface area contributed by atoms with E-state index >= 15 is 0 Å². The highest BCUT2D eigenvalue weighted by molar-refractivity contribution is 5.27. The van der Waals surface area contributed by atoms with Crippen LogP contribution in [0.5, 0.6) is 0 Å². The lowest BCUT2D eigenvalue weighted by molar-refractivity contribution is 0.526. The van der Waals surface area contributed by atoms with Gasteiger partial charge in [-0.15, -0.1) is 0 Å². The number of hydrogen-bond acceptors (Lipinski definition) is 1. The smallest absolute Gasteiger partial charge is 0.0282 e. The Morgan fingerprint density at radius 1 is 1.00 bits per heavy atom. The maximum absolute atomic E-state index is 3.62. The molecule has 0 fully saturated rings. The minimum atomic E-state index is 0.653. The fourth-order valence-corrected chi connectivity index (χ4v) is 1.89. The van der Waals surface area contributed by atoms with Gasteiger partial charge in [-0.25, -0.2) is 0 Å². The molecule has 1 aliphatic rings. The van der Waals surface area contributed by atoms with E-state index in [1.807, 2.05) is 0 Å². The van der Waals surface area contributed by atoms with Crippen molar-refractivity contribution < 1.29 is 0 Å². The average Bonchev–Trinajstić information content (AvgIpc) is 2.30. The quantitative estimate of drug-likeness (QED) is 0.601. The van der Waals surface area contributed by atoms with Crippen molar-refractivity contribution in [1.29, 1.82) is 0 Å². The highest BCUT2D eigenvalue weighted by Crippen LogP contribution is 2.23. The predicted octanol–water partition coefficient (Wildman–Crippen LogP) is 2.48. The Labute approximate surface area is 69.9 Å². The van der Waals surface area contributed by atoms with Gasteiger partial charge in [-0.3, -0.25) is 0 Å². The van der Waals surface area contributed by atoms with E-state index in [9.17, 15) is 0 Å². The first-order valence-corrected chi connectivity index (χ1v) is 4.64. The van der Waals surface area contributed by atoms with Gasteiger partial charge in [-0.05, 0) is 26.7 Å². The van der Waals surface area contributed by atoms with Crippen LogP contribution in [0.4, 0.5) is 0 Å². The van der Waals surface area contributed by atoms with Gasteiger partial charge >= 0.3 is 0 Å². The van der Waals surface area contributed by atoms with Crippen molar-refractivity contribution in [3.8, 4) is 0 Å². The highest BCUT2D eigenvalue weighted by atomic mass is 15.0. The van der Waals surface area contributed by atoms with E-state index in [0.29, 0.717) is 12.1 Å². The van der Waals surface area contributed by atoms with Gasteiger partial charge in [-0.2, -0.15) is 0 Å². The molecule has 1 heterocycles. The molecule has 0 spiro atoms. The van der Waals surface area contributed by atoms with Crippen LogP contribution in [0.25, 0.3) is 0 Å². The number of nitrogens with one attached hydrogen (secondary N) is 1. The molecule has 0 aromatic carbocycles. The van der Waals surface area contributed by atoms with Crippen molar-refractivity contribution in [2.75, 3.05) is 0 Å². The van der Waals surface area contributed by atoms with Crippen LogP contribution < -0.4 is 5.32 Å². The summed E-state index contributed by atoms with van der Waals surface area (Å²) in [6.45, 7) is 9.00. The Morgan fingerprint density at radius 2 is 1.36 bits per heavy atom. The van der Waals surface area contributed by atoms with E-state index in [1.54, 1.807) is 11.1 Å². The second kappa shape index (κ2) is 3.40. The molecule has 1 nitrogen and oxygen atoms in total. The molecule has 2 unspecified atom stereocenters. The van der Waals surface area contributed by atoms with E-state index < -0.39 is 0 Å². The predicted molar refractivity (Wildman–Crippen MR) is 49.7 cm³/mol. The Balaban J connectivity index is 2.71. The molecule has 1 aliphatic heterocycles. The van der Waals surface area contributed by atoms with E-state index in [4.69, 9.17) is 0 Å². The first-order valence-electron chi connectivity index (χ1n) is 4.64. The van der Waals surface area contributed by atoms with Crippen molar-refractivity contribution in [2.24, 2.45) is 0 Å². The van der Waals surface area contributed by atoms with Gasteiger partial charge in [0.05, 0.1) is 0 Å². The molecule has 0 amide bonds. The SMILES string of the molecule is CCC1NC(CC)C(C)=C1C. The standard InChI is InChI=1S/C10H19N/c1-5-9-7(3)8(4)10(6-2)11-9/h9-11H,5-6H2,1-4H3. The topological polar surface area (TPSA) is 12.0 Å². The van der Waals surface area contributed by atoms with Crippen LogP contribution in [0.2, 0.25) is 0 Å². The summed E-state index contributed by atoms with van der Waals surface area (Å²) in [6, 6.07) is 1.31. The first-order chi connectivity index (χ1) is 5.20. The van der Waals surface area contributed by atoms with Crippen LogP contribution in [0.15, 0.2) is 11.1 Å². The van der Waals surface area contributed by atoms with Gasteiger partial charge in [0.1, 0.15) is 0 Å². The summed E-state index contributed by atoms with van der Waals surface area (Å²) >= 11 is 0. The van der Waals surface area contributed by atoms with Crippen LogP contribution in [0.1, 0.15) is 40.5 Å². The maximum atomic E-state index is 3.62. The Hall–Kier alpha value is -0.300. The Kier molecular flexibility index (Phi) is 2.72. The van der Waals surface area contributed by atoms with Crippen molar-refractivity contribution in [2.45, 2.75) is 52.6 Å². The highest BCUT2D eigenvalue weighted by Gasteiger charge is 2.24. The zero-order valence-corrected chi connectivity index (χ0v) is 8.07. The summed E-state index contributed by atoms with van der Waals surface area (Å²) in [5, 5.41) is 3.62. The molecule has 0 radical (unpaired) electrons. The molecule has 0 aromatic heterocycles. The van der Waals surface area contributed by atoms with Gasteiger partial charge in [0.2, 0.25) is 0 Å². The molecule has 1 rings (SSSR count). The monoisotopic (exact) mass is 153 g/mol. The molecule has 11 heavy (non-hydrogen) atoms. The zero-order chi connectivity index (χ0) is 8.43. The zero-order valence-electron chi connectivity index (χ0n) is 8.07. The van der Waals surface area contributed by atoms with Crippen LogP contribution in [-0.4, -0.2) is 12.1 Å². The molecule has 0 aromatic rings. The maximum Gasteiger partial charge on any atom is 0.0282 e. The van der Waals surface area contributed by atoms with E-state index in [1.165, 1.54) is 12.8 Å². The van der Waals surface area contributed by atoms with Gasteiger partial charge in [0, 0.05) is 12.1 Å². The summed E-state index contributed by atoms with van der Waals surface area (Å²) in [5.41, 5.74) is 3.14.